The molecule has 0 spiro atoms. The summed E-state index contributed by atoms with van der Waals surface area (Å²) in [5.41, 5.74) is 1.19. The van der Waals surface area contributed by atoms with Crippen molar-refractivity contribution in [3.63, 3.8) is 0 Å². The maximum Gasteiger partial charge on any atom is 0.262 e. The number of aliphatic imine (C=N–C) groups is 1. The molecule has 0 saturated carbocycles. The molecule has 1 aromatic carbocycles. The van der Waals surface area contributed by atoms with Crippen molar-refractivity contribution in [2.24, 2.45) is 4.99 Å². The Morgan fingerprint density at radius 2 is 1.91 bits per heavy atom. The number of amides is 3. The zero-order valence-electron chi connectivity index (χ0n) is 18.4. The van der Waals surface area contributed by atoms with Crippen LogP contribution in [0.5, 0.6) is 0 Å². The van der Waals surface area contributed by atoms with Gasteiger partial charge in [-0.3, -0.25) is 14.4 Å². The molecule has 3 amide bonds. The second kappa shape index (κ2) is 10.5. The number of rotatable bonds is 6. The van der Waals surface area contributed by atoms with Gasteiger partial charge in [-0.15, -0.1) is 0 Å². The first-order valence-electron chi connectivity index (χ1n) is 11.4. The van der Waals surface area contributed by atoms with Gasteiger partial charge in [0.15, 0.2) is 5.17 Å². The van der Waals surface area contributed by atoms with E-state index in [-0.39, 0.29) is 30.2 Å². The van der Waals surface area contributed by atoms with Gasteiger partial charge in [-0.05, 0) is 56.9 Å². The molecule has 1 N–H and O–H groups in total. The molecular formula is C23H30N4O4S. The number of carbonyl (C=O) groups is 3. The van der Waals surface area contributed by atoms with E-state index in [1.165, 1.54) is 11.8 Å². The van der Waals surface area contributed by atoms with Crippen LogP contribution >= 0.6 is 11.8 Å². The zero-order valence-corrected chi connectivity index (χ0v) is 19.2. The highest BCUT2D eigenvalue weighted by atomic mass is 32.2. The smallest absolute Gasteiger partial charge is 0.262 e. The molecule has 3 aliphatic rings. The van der Waals surface area contributed by atoms with Crippen LogP contribution in [0, 0.1) is 0 Å². The van der Waals surface area contributed by atoms with Gasteiger partial charge in [-0.2, -0.15) is 4.99 Å². The van der Waals surface area contributed by atoms with Gasteiger partial charge in [0.1, 0.15) is 5.25 Å². The van der Waals surface area contributed by atoms with Crippen LogP contribution < -0.4 is 5.32 Å². The Bertz CT molecular complexity index is 880. The second-order valence-corrected chi connectivity index (χ2v) is 9.50. The quantitative estimate of drug-likeness (QED) is 0.705. The fraction of sp³-hybridized carbons (Fsp3) is 0.565. The third-order valence-electron chi connectivity index (χ3n) is 5.96. The lowest BCUT2D eigenvalue weighted by molar-refractivity contribution is -0.121. The van der Waals surface area contributed by atoms with Gasteiger partial charge in [0, 0.05) is 50.5 Å². The summed E-state index contributed by atoms with van der Waals surface area (Å²) < 4.78 is 5.68. The molecule has 3 heterocycles. The normalized spacial score (nSPS) is 23.4. The Morgan fingerprint density at radius 3 is 2.62 bits per heavy atom. The molecule has 8 nitrogen and oxygen atoms in total. The number of amidine groups is 1. The average molecular weight is 459 g/mol. The van der Waals surface area contributed by atoms with E-state index >= 15 is 0 Å². The summed E-state index contributed by atoms with van der Waals surface area (Å²) in [5.74, 6) is -0.491. The van der Waals surface area contributed by atoms with Gasteiger partial charge >= 0.3 is 0 Å². The van der Waals surface area contributed by atoms with Crippen LogP contribution in [0.3, 0.4) is 0 Å². The molecular weight excluding hydrogens is 428 g/mol. The van der Waals surface area contributed by atoms with Crippen LogP contribution in [-0.4, -0.2) is 76.8 Å². The highest BCUT2D eigenvalue weighted by Crippen LogP contribution is 2.29. The first-order valence-corrected chi connectivity index (χ1v) is 12.3. The van der Waals surface area contributed by atoms with Crippen LogP contribution in [0.1, 0.15) is 49.4 Å². The van der Waals surface area contributed by atoms with E-state index in [4.69, 9.17) is 4.74 Å². The van der Waals surface area contributed by atoms with Gasteiger partial charge in [-0.1, -0.05) is 11.8 Å². The summed E-state index contributed by atoms with van der Waals surface area (Å²) >= 11 is 1.39. The van der Waals surface area contributed by atoms with Crippen LogP contribution in [0.25, 0.3) is 0 Å². The topological polar surface area (TPSA) is 91.3 Å². The number of nitrogens with zero attached hydrogens (tertiary/aromatic N) is 3. The molecule has 0 aromatic heterocycles. The van der Waals surface area contributed by atoms with E-state index < -0.39 is 5.25 Å². The molecule has 1 aromatic rings. The number of nitrogens with one attached hydrogen (secondary N) is 1. The van der Waals surface area contributed by atoms with Gasteiger partial charge < -0.3 is 19.9 Å². The Balaban J connectivity index is 1.27. The van der Waals surface area contributed by atoms with Crippen molar-refractivity contribution in [1.82, 2.24) is 9.80 Å². The van der Waals surface area contributed by atoms with Crippen LogP contribution in [0.15, 0.2) is 29.3 Å². The Kier molecular flexibility index (Phi) is 7.47. The number of benzene rings is 1. The Hall–Kier alpha value is -2.39. The molecule has 0 bridgehead atoms. The third-order valence-corrected chi connectivity index (χ3v) is 7.17. The summed E-state index contributed by atoms with van der Waals surface area (Å²) in [6.07, 6.45) is 4.32. The maximum atomic E-state index is 12.8. The van der Waals surface area contributed by atoms with Crippen molar-refractivity contribution in [2.75, 3.05) is 38.1 Å². The molecule has 2 atom stereocenters. The predicted octanol–water partition coefficient (Wildman–Crippen LogP) is 2.75. The van der Waals surface area contributed by atoms with Crippen molar-refractivity contribution in [3.8, 4) is 0 Å². The van der Waals surface area contributed by atoms with Crippen LogP contribution in [0.2, 0.25) is 0 Å². The highest BCUT2D eigenvalue weighted by Gasteiger charge is 2.33. The average Bonchev–Trinajstić information content (AvgIpc) is 3.45. The van der Waals surface area contributed by atoms with Gasteiger partial charge in [0.25, 0.3) is 11.8 Å². The zero-order chi connectivity index (χ0) is 22.5. The minimum atomic E-state index is -0.469. The molecule has 0 aliphatic carbocycles. The SMILES string of the molecule is CCOC1CCCN(C(=O)c2ccc(NC(=O)CC3SC(N4CCCC4)=NC3=O)cc2)C1. The van der Waals surface area contributed by atoms with Crippen molar-refractivity contribution in [3.05, 3.63) is 29.8 Å². The number of likely N-dealkylation sites (tertiary alicyclic amines) is 2. The number of ether oxygens (including phenoxy) is 1. The highest BCUT2D eigenvalue weighted by molar-refractivity contribution is 8.15. The Labute approximate surface area is 192 Å². The summed E-state index contributed by atoms with van der Waals surface area (Å²) in [4.78, 5) is 45.6. The molecule has 9 heteroatoms. The molecule has 3 aliphatic heterocycles. The lowest BCUT2D eigenvalue weighted by Crippen LogP contribution is -2.43. The van der Waals surface area contributed by atoms with Crippen molar-refractivity contribution < 1.29 is 19.1 Å². The van der Waals surface area contributed by atoms with E-state index in [2.05, 4.69) is 15.2 Å². The number of anilines is 1. The van der Waals surface area contributed by atoms with Crippen molar-refractivity contribution in [1.29, 1.82) is 0 Å². The molecule has 2 saturated heterocycles. The molecule has 32 heavy (non-hydrogen) atoms. The molecule has 2 unspecified atom stereocenters. The molecule has 0 radical (unpaired) electrons. The third kappa shape index (κ3) is 5.50. The fourth-order valence-electron chi connectivity index (χ4n) is 4.31. The van der Waals surface area contributed by atoms with E-state index in [0.29, 0.717) is 24.4 Å². The van der Waals surface area contributed by atoms with Gasteiger partial charge in [0.05, 0.1) is 6.10 Å². The summed E-state index contributed by atoms with van der Waals surface area (Å²) in [7, 11) is 0. The molecule has 172 valence electrons. The minimum Gasteiger partial charge on any atom is -0.377 e. The van der Waals surface area contributed by atoms with E-state index in [1.54, 1.807) is 24.3 Å². The number of hydrogen-bond acceptors (Lipinski definition) is 6. The molecule has 4 rings (SSSR count). The minimum absolute atomic E-state index is 0.0215. The number of piperidine rings is 1. The van der Waals surface area contributed by atoms with Gasteiger partial charge in [-0.25, -0.2) is 0 Å². The second-order valence-electron chi connectivity index (χ2n) is 8.33. The maximum absolute atomic E-state index is 12.8. The fourth-order valence-corrected chi connectivity index (χ4v) is 5.42. The monoisotopic (exact) mass is 458 g/mol. The van der Waals surface area contributed by atoms with Gasteiger partial charge in [0.2, 0.25) is 5.91 Å². The predicted molar refractivity (Wildman–Crippen MR) is 125 cm³/mol. The first kappa shape index (κ1) is 22.8. The van der Waals surface area contributed by atoms with E-state index in [9.17, 15) is 14.4 Å². The number of carbonyl (C=O) groups excluding carboxylic acids is 3. The van der Waals surface area contributed by atoms with Crippen LogP contribution in [-0.2, 0) is 14.3 Å². The summed E-state index contributed by atoms with van der Waals surface area (Å²) in [6, 6.07) is 6.91. The lowest BCUT2D eigenvalue weighted by atomic mass is 10.1. The largest absolute Gasteiger partial charge is 0.377 e. The number of thioether (sulfide) groups is 1. The summed E-state index contributed by atoms with van der Waals surface area (Å²) in [5, 5.41) is 3.11. The first-order chi connectivity index (χ1) is 15.5. The van der Waals surface area contributed by atoms with E-state index in [1.807, 2.05) is 11.8 Å². The van der Waals surface area contributed by atoms with Crippen molar-refractivity contribution in [2.45, 2.75) is 50.4 Å². The lowest BCUT2D eigenvalue weighted by Gasteiger charge is -2.32. The molecule has 2 fully saturated rings. The van der Waals surface area contributed by atoms with Crippen molar-refractivity contribution >= 4 is 40.3 Å². The summed E-state index contributed by atoms with van der Waals surface area (Å²) in [6.45, 7) is 5.81. The Morgan fingerprint density at radius 1 is 1.16 bits per heavy atom. The van der Waals surface area contributed by atoms with Crippen LogP contribution in [0.4, 0.5) is 5.69 Å². The number of hydrogen-bond donors (Lipinski definition) is 1. The standard InChI is InChI=1S/C23H30N4O4S/c1-2-31-18-6-5-13-27(15-18)22(30)16-7-9-17(10-8-16)24-20(28)14-19-21(29)25-23(32-19)26-11-3-4-12-26/h7-10,18-19H,2-6,11-15H2,1H3,(H,24,28). The van der Waals surface area contributed by atoms with E-state index in [0.717, 1.165) is 50.5 Å².